The maximum absolute atomic E-state index is 12.1. The second kappa shape index (κ2) is 9.94. The minimum absolute atomic E-state index is 0.0436. The second-order valence-corrected chi connectivity index (χ2v) is 6.45. The van der Waals surface area contributed by atoms with Gasteiger partial charge in [0.05, 0.1) is 18.8 Å². The highest BCUT2D eigenvalue weighted by molar-refractivity contribution is 7.98. The minimum Gasteiger partial charge on any atom is -0.336 e. The van der Waals surface area contributed by atoms with Gasteiger partial charge < -0.3 is 10.6 Å². The molecule has 7 nitrogen and oxygen atoms in total. The van der Waals surface area contributed by atoms with Gasteiger partial charge in [-0.1, -0.05) is 12.1 Å². The maximum atomic E-state index is 12.1. The Bertz CT molecular complexity index is 592. The Morgan fingerprint density at radius 3 is 2.38 bits per heavy atom. The van der Waals surface area contributed by atoms with Crippen molar-refractivity contribution in [1.29, 1.82) is 0 Å². The Morgan fingerprint density at radius 2 is 1.75 bits per heavy atom. The zero-order valence-corrected chi connectivity index (χ0v) is 15.2. The number of urea groups is 1. The molecule has 8 heteroatoms. The summed E-state index contributed by atoms with van der Waals surface area (Å²) in [6, 6.07) is 6.90. The summed E-state index contributed by atoms with van der Waals surface area (Å²) in [6.07, 6.45) is 1.93. The zero-order chi connectivity index (χ0) is 18.1. The van der Waals surface area contributed by atoms with Crippen LogP contribution in [0, 0.1) is 0 Å². The van der Waals surface area contributed by atoms with Crippen molar-refractivity contribution in [2.24, 2.45) is 0 Å². The number of anilines is 1. The Kier molecular flexibility index (Phi) is 8.28. The molecule has 0 unspecified atom stereocenters. The molecule has 0 aliphatic rings. The van der Waals surface area contributed by atoms with Crippen LogP contribution < -0.4 is 16.0 Å². The van der Waals surface area contributed by atoms with Crippen LogP contribution in [0.3, 0.4) is 0 Å². The summed E-state index contributed by atoms with van der Waals surface area (Å²) >= 11 is 1.54. The number of hydrogen-bond donors (Lipinski definition) is 3. The summed E-state index contributed by atoms with van der Waals surface area (Å²) in [6.45, 7) is 3.59. The smallest absolute Gasteiger partial charge is 0.321 e. The van der Waals surface area contributed by atoms with Crippen molar-refractivity contribution >= 4 is 35.3 Å². The molecule has 0 aliphatic carbocycles. The predicted octanol–water partition coefficient (Wildman–Crippen LogP) is 1.51. The van der Waals surface area contributed by atoms with Crippen molar-refractivity contribution in [2.45, 2.75) is 24.8 Å². The van der Waals surface area contributed by atoms with E-state index in [0.717, 1.165) is 10.6 Å². The lowest BCUT2D eigenvalue weighted by Gasteiger charge is -2.17. The fourth-order valence-corrected chi connectivity index (χ4v) is 2.50. The molecule has 0 fully saturated rings. The van der Waals surface area contributed by atoms with Crippen LogP contribution in [0.5, 0.6) is 0 Å². The van der Waals surface area contributed by atoms with Crippen molar-refractivity contribution in [3.8, 4) is 0 Å². The molecule has 3 N–H and O–H groups in total. The molecule has 0 saturated carbocycles. The fourth-order valence-electron chi connectivity index (χ4n) is 1.95. The number of nitrogens with zero attached hydrogens (tertiary/aromatic N) is 1. The van der Waals surface area contributed by atoms with Gasteiger partial charge in [0, 0.05) is 10.9 Å². The summed E-state index contributed by atoms with van der Waals surface area (Å²) in [5.74, 6) is -0.689. The number of hydrogen-bond acceptors (Lipinski definition) is 5. The molecule has 0 atom stereocenters. The number of nitrogens with one attached hydrogen (secondary N) is 3. The van der Waals surface area contributed by atoms with E-state index in [2.05, 4.69) is 16.0 Å². The number of amides is 4. The molecule has 1 rings (SSSR count). The number of likely N-dealkylation sites (N-methyl/N-ethyl adjacent to an activating group) is 1. The summed E-state index contributed by atoms with van der Waals surface area (Å²) in [5, 5.41) is 7.60. The Hall–Kier alpha value is -2.06. The first kappa shape index (κ1) is 20.0. The van der Waals surface area contributed by atoms with Gasteiger partial charge in [0.25, 0.3) is 0 Å². The van der Waals surface area contributed by atoms with E-state index in [1.54, 1.807) is 32.7 Å². The van der Waals surface area contributed by atoms with Crippen LogP contribution in [-0.4, -0.2) is 55.2 Å². The average Bonchev–Trinajstić information content (AvgIpc) is 2.45. The maximum Gasteiger partial charge on any atom is 0.321 e. The molecule has 0 aliphatic heterocycles. The van der Waals surface area contributed by atoms with E-state index >= 15 is 0 Å². The average molecular weight is 352 g/mol. The van der Waals surface area contributed by atoms with Crippen LogP contribution in [0.2, 0.25) is 0 Å². The lowest BCUT2D eigenvalue weighted by atomic mass is 10.3. The number of carbonyl (C=O) groups is 3. The number of thioether (sulfide) groups is 1. The second-order valence-electron chi connectivity index (χ2n) is 5.60. The van der Waals surface area contributed by atoms with Crippen molar-refractivity contribution in [3.05, 3.63) is 24.3 Å². The molecule has 0 aromatic heterocycles. The van der Waals surface area contributed by atoms with Gasteiger partial charge in [-0.2, -0.15) is 0 Å². The highest BCUT2D eigenvalue weighted by Crippen LogP contribution is 2.24. The SMILES string of the molecule is CSc1ccccc1NC(=O)CN(C)CC(=O)NC(=O)NC(C)C. The normalized spacial score (nSPS) is 10.6. The van der Waals surface area contributed by atoms with E-state index in [4.69, 9.17) is 0 Å². The van der Waals surface area contributed by atoms with Gasteiger partial charge in [0.1, 0.15) is 0 Å². The third-order valence-corrected chi connectivity index (χ3v) is 3.68. The summed E-state index contributed by atoms with van der Waals surface area (Å²) in [7, 11) is 1.64. The highest BCUT2D eigenvalue weighted by Gasteiger charge is 2.14. The number of benzene rings is 1. The third kappa shape index (κ3) is 7.47. The van der Waals surface area contributed by atoms with E-state index in [1.807, 2.05) is 30.5 Å². The van der Waals surface area contributed by atoms with Crippen molar-refractivity contribution in [2.75, 3.05) is 31.7 Å². The molecule has 0 saturated heterocycles. The lowest BCUT2D eigenvalue weighted by molar-refractivity contribution is -0.122. The molecule has 1 aromatic carbocycles. The van der Waals surface area contributed by atoms with Crippen LogP contribution in [0.4, 0.5) is 10.5 Å². The number of carbonyl (C=O) groups excluding carboxylic acids is 3. The van der Waals surface area contributed by atoms with Gasteiger partial charge in [-0.25, -0.2) is 4.79 Å². The summed E-state index contributed by atoms with van der Waals surface area (Å²) in [5.41, 5.74) is 0.740. The van der Waals surface area contributed by atoms with E-state index in [0.29, 0.717) is 0 Å². The first-order valence-electron chi connectivity index (χ1n) is 7.53. The first-order valence-corrected chi connectivity index (χ1v) is 8.76. The molecule has 0 bridgehead atoms. The number of rotatable bonds is 7. The lowest BCUT2D eigenvalue weighted by Crippen LogP contribution is -2.46. The van der Waals surface area contributed by atoms with E-state index < -0.39 is 11.9 Å². The largest absolute Gasteiger partial charge is 0.336 e. The number of para-hydroxylation sites is 1. The van der Waals surface area contributed by atoms with Crippen LogP contribution in [-0.2, 0) is 9.59 Å². The Labute approximate surface area is 146 Å². The molecule has 0 heterocycles. The van der Waals surface area contributed by atoms with E-state index in [-0.39, 0.29) is 25.0 Å². The topological polar surface area (TPSA) is 90.5 Å². The van der Waals surface area contributed by atoms with Gasteiger partial charge in [-0.05, 0) is 39.3 Å². The van der Waals surface area contributed by atoms with Crippen molar-refractivity contribution in [3.63, 3.8) is 0 Å². The Morgan fingerprint density at radius 1 is 1.12 bits per heavy atom. The molecular formula is C16H24N4O3S. The highest BCUT2D eigenvalue weighted by atomic mass is 32.2. The minimum atomic E-state index is -0.540. The van der Waals surface area contributed by atoms with Gasteiger partial charge >= 0.3 is 6.03 Å². The van der Waals surface area contributed by atoms with Gasteiger partial charge in [0.2, 0.25) is 11.8 Å². The monoisotopic (exact) mass is 352 g/mol. The number of imide groups is 1. The van der Waals surface area contributed by atoms with E-state index in [9.17, 15) is 14.4 Å². The van der Waals surface area contributed by atoms with Crippen LogP contribution in [0.1, 0.15) is 13.8 Å². The quantitative estimate of drug-likeness (QED) is 0.647. The van der Waals surface area contributed by atoms with Crippen LogP contribution in [0.25, 0.3) is 0 Å². The van der Waals surface area contributed by atoms with Crippen molar-refractivity contribution in [1.82, 2.24) is 15.5 Å². The molecular weight excluding hydrogens is 328 g/mol. The van der Waals surface area contributed by atoms with Gasteiger partial charge in [-0.15, -0.1) is 11.8 Å². The molecule has 132 valence electrons. The molecule has 0 spiro atoms. The molecule has 24 heavy (non-hydrogen) atoms. The van der Waals surface area contributed by atoms with Gasteiger partial charge in [-0.3, -0.25) is 19.8 Å². The van der Waals surface area contributed by atoms with Crippen molar-refractivity contribution < 1.29 is 14.4 Å². The molecule has 0 radical (unpaired) electrons. The van der Waals surface area contributed by atoms with Crippen LogP contribution in [0.15, 0.2) is 29.2 Å². The summed E-state index contributed by atoms with van der Waals surface area (Å²) in [4.78, 5) is 37.7. The van der Waals surface area contributed by atoms with E-state index in [1.165, 1.54) is 4.90 Å². The third-order valence-electron chi connectivity index (χ3n) is 2.88. The fraction of sp³-hybridized carbons (Fsp3) is 0.438. The standard InChI is InChI=1S/C16H24N4O3S/c1-11(2)17-16(23)19-15(22)10-20(3)9-14(21)18-12-7-5-6-8-13(12)24-4/h5-8,11H,9-10H2,1-4H3,(H,18,21)(H2,17,19,22,23). The van der Waals surface area contributed by atoms with Gasteiger partial charge in [0.15, 0.2) is 0 Å². The zero-order valence-electron chi connectivity index (χ0n) is 14.4. The Balaban J connectivity index is 2.44. The summed E-state index contributed by atoms with van der Waals surface area (Å²) < 4.78 is 0. The van der Waals surface area contributed by atoms with Crippen LogP contribution >= 0.6 is 11.8 Å². The molecule has 1 aromatic rings. The molecule has 4 amide bonds. The predicted molar refractivity (Wildman–Crippen MR) is 96.2 cm³/mol. The first-order chi connectivity index (χ1) is 11.3.